The normalized spacial score (nSPS) is 26.2. The van der Waals surface area contributed by atoms with Crippen molar-refractivity contribution in [3.05, 3.63) is 33.8 Å². The number of Topliss-reactive ketones (excluding diaryl/α,β-unsaturated/α-hetero) is 1. The summed E-state index contributed by atoms with van der Waals surface area (Å²) in [4.78, 5) is 29.3. The molecule has 1 aromatic rings. The number of ether oxygens (including phenoxy) is 1. The van der Waals surface area contributed by atoms with Gasteiger partial charge in [0.1, 0.15) is 5.78 Å². The molecule has 0 bridgehead atoms. The summed E-state index contributed by atoms with van der Waals surface area (Å²) in [5.74, 6) is 0.00517. The van der Waals surface area contributed by atoms with Gasteiger partial charge in [-0.25, -0.2) is 4.98 Å². The van der Waals surface area contributed by atoms with Crippen molar-refractivity contribution in [2.45, 2.75) is 100 Å². The van der Waals surface area contributed by atoms with Crippen LogP contribution in [0.15, 0.2) is 23.1 Å². The molecule has 1 unspecified atom stereocenters. The lowest BCUT2D eigenvalue weighted by Crippen LogP contribution is -2.46. The molecule has 2 atom stereocenters. The zero-order chi connectivity index (χ0) is 25.9. The first kappa shape index (κ1) is 30.2. The molecule has 6 heteroatoms. The number of rotatable bonds is 1. The van der Waals surface area contributed by atoms with Gasteiger partial charge in [0, 0.05) is 10.8 Å². The van der Waals surface area contributed by atoms with Crippen molar-refractivity contribution in [1.29, 1.82) is 0 Å². The molecular weight excluding hydrogens is 446 g/mol. The Morgan fingerprint density at radius 3 is 2.47 bits per heavy atom. The molecule has 0 fully saturated rings. The molecule has 0 amide bonds. The molecule has 34 heavy (non-hydrogen) atoms. The highest BCUT2D eigenvalue weighted by atomic mass is 32.1. The second-order valence-electron chi connectivity index (χ2n) is 10.7. The number of aliphatic hydroxyl groups excluding tert-OH is 1. The number of aliphatic hydroxyl groups is 1. The third-order valence-corrected chi connectivity index (χ3v) is 7.16. The van der Waals surface area contributed by atoms with Crippen LogP contribution in [-0.2, 0) is 14.3 Å². The molecule has 2 heterocycles. The number of hydrogen-bond donors (Lipinski definition) is 1. The highest BCUT2D eigenvalue weighted by Gasteiger charge is 2.44. The number of hydrogen-bond acceptors (Lipinski definition) is 6. The lowest BCUT2D eigenvalue weighted by atomic mass is 9.67. The van der Waals surface area contributed by atoms with Gasteiger partial charge in [0.05, 0.1) is 35.2 Å². The SMILES string of the molecule is C/C1=C/CCOC(=O)C[C@H](O)C(C)(C)C(=O)C(C)(C)CC(C)CCC1.C/C=C\c1csc(C)n1. The molecule has 0 aliphatic carbocycles. The van der Waals surface area contributed by atoms with Crippen molar-refractivity contribution in [2.75, 3.05) is 6.61 Å². The summed E-state index contributed by atoms with van der Waals surface area (Å²) in [6.45, 7) is 16.0. The first-order chi connectivity index (χ1) is 15.8. The Morgan fingerprint density at radius 1 is 1.21 bits per heavy atom. The number of esters is 1. The molecule has 1 aromatic heterocycles. The number of ketones is 1. The standard InChI is InChI=1S/C21H36O4.C7H9NS/c1-15-9-7-10-16(2)14-20(3,4)19(24)21(5,6)17(22)13-18(23)25-12-8-11-15;1-3-4-7-5-9-6(2)8-7/h11,16-17,22H,7-10,12-14H2,1-6H3;3-5H,1-2H3/b15-11-;4-3-/t16?,17-;/m0./s1. The minimum Gasteiger partial charge on any atom is -0.465 e. The van der Waals surface area contributed by atoms with Crippen LogP contribution >= 0.6 is 11.3 Å². The third-order valence-electron chi connectivity index (χ3n) is 6.37. The van der Waals surface area contributed by atoms with Gasteiger partial charge >= 0.3 is 5.97 Å². The molecule has 0 radical (unpaired) electrons. The van der Waals surface area contributed by atoms with Crippen LogP contribution in [0.5, 0.6) is 0 Å². The Hall–Kier alpha value is -1.79. The molecular formula is C28H45NO4S. The molecule has 0 aromatic carbocycles. The van der Waals surface area contributed by atoms with Crippen molar-refractivity contribution in [3.63, 3.8) is 0 Å². The summed E-state index contributed by atoms with van der Waals surface area (Å²) in [5.41, 5.74) is 0.873. The predicted molar refractivity (Wildman–Crippen MR) is 142 cm³/mol. The lowest BCUT2D eigenvalue weighted by Gasteiger charge is -2.37. The maximum Gasteiger partial charge on any atom is 0.308 e. The van der Waals surface area contributed by atoms with Crippen molar-refractivity contribution in [2.24, 2.45) is 16.7 Å². The summed E-state index contributed by atoms with van der Waals surface area (Å²) >= 11 is 1.68. The van der Waals surface area contributed by atoms with Crippen molar-refractivity contribution in [1.82, 2.24) is 4.98 Å². The number of nitrogens with zero attached hydrogens (tertiary/aromatic N) is 1. The number of thiazole rings is 1. The zero-order valence-corrected chi connectivity index (χ0v) is 23.3. The number of cyclic esters (lactones) is 1. The molecule has 0 saturated heterocycles. The van der Waals surface area contributed by atoms with Crippen LogP contribution in [-0.4, -0.2) is 34.6 Å². The van der Waals surface area contributed by atoms with Crippen molar-refractivity contribution < 1.29 is 19.4 Å². The number of aryl methyl sites for hydroxylation is 1. The van der Waals surface area contributed by atoms with Gasteiger partial charge in [0.15, 0.2) is 0 Å². The van der Waals surface area contributed by atoms with Crippen LogP contribution in [0, 0.1) is 23.7 Å². The van der Waals surface area contributed by atoms with Crippen molar-refractivity contribution in [3.8, 4) is 0 Å². The van der Waals surface area contributed by atoms with E-state index < -0.39 is 22.9 Å². The number of carbonyl (C=O) groups excluding carboxylic acids is 2. The Balaban J connectivity index is 0.000000533. The number of allylic oxidation sites excluding steroid dienone is 2. The van der Waals surface area contributed by atoms with E-state index in [9.17, 15) is 14.7 Å². The number of carbonyl (C=O) groups is 2. The van der Waals surface area contributed by atoms with Gasteiger partial charge in [-0.2, -0.15) is 0 Å². The third kappa shape index (κ3) is 10.2. The van der Waals surface area contributed by atoms with Crippen LogP contribution in [0.2, 0.25) is 0 Å². The summed E-state index contributed by atoms with van der Waals surface area (Å²) in [6, 6.07) is 0. The van der Waals surface area contributed by atoms with Crippen LogP contribution in [0.25, 0.3) is 6.08 Å². The van der Waals surface area contributed by atoms with E-state index in [-0.39, 0.29) is 12.2 Å². The molecule has 0 saturated carbocycles. The van der Waals surface area contributed by atoms with E-state index in [1.54, 1.807) is 25.2 Å². The Morgan fingerprint density at radius 2 is 1.88 bits per heavy atom. The average molecular weight is 492 g/mol. The smallest absolute Gasteiger partial charge is 0.308 e. The van der Waals surface area contributed by atoms with Gasteiger partial charge in [0.25, 0.3) is 0 Å². The minimum absolute atomic E-state index is 0.00956. The molecule has 1 N–H and O–H groups in total. The van der Waals surface area contributed by atoms with E-state index in [1.807, 2.05) is 39.8 Å². The fraction of sp³-hybridized carbons (Fsp3) is 0.679. The molecule has 1 aliphatic rings. The summed E-state index contributed by atoms with van der Waals surface area (Å²) < 4.78 is 5.20. The van der Waals surface area contributed by atoms with Crippen LogP contribution in [0.1, 0.15) is 97.7 Å². The van der Waals surface area contributed by atoms with Gasteiger partial charge in [-0.15, -0.1) is 11.3 Å². The molecule has 192 valence electrons. The second-order valence-corrected chi connectivity index (χ2v) is 11.8. The first-order valence-corrected chi connectivity index (χ1v) is 13.3. The molecule has 2 rings (SSSR count). The van der Waals surface area contributed by atoms with E-state index in [0.717, 1.165) is 36.4 Å². The summed E-state index contributed by atoms with van der Waals surface area (Å²) in [5, 5.41) is 13.7. The quantitative estimate of drug-likeness (QED) is 0.340. The van der Waals surface area contributed by atoms with Gasteiger partial charge < -0.3 is 9.84 Å². The summed E-state index contributed by atoms with van der Waals surface area (Å²) in [6.07, 6.45) is 9.64. The maximum atomic E-state index is 13.1. The van der Waals surface area contributed by atoms with Crippen molar-refractivity contribution >= 4 is 29.2 Å². The molecule has 5 nitrogen and oxygen atoms in total. The van der Waals surface area contributed by atoms with Gasteiger partial charge in [-0.05, 0) is 58.4 Å². The predicted octanol–water partition coefficient (Wildman–Crippen LogP) is 6.93. The fourth-order valence-corrected chi connectivity index (χ4v) is 5.08. The largest absolute Gasteiger partial charge is 0.465 e. The van der Waals surface area contributed by atoms with E-state index in [4.69, 9.17) is 4.74 Å². The van der Waals surface area contributed by atoms with Crippen LogP contribution < -0.4 is 0 Å². The zero-order valence-electron chi connectivity index (χ0n) is 22.4. The van der Waals surface area contributed by atoms with Crippen LogP contribution in [0.4, 0.5) is 0 Å². The maximum absolute atomic E-state index is 13.1. The summed E-state index contributed by atoms with van der Waals surface area (Å²) in [7, 11) is 0. The Bertz CT molecular complexity index is 850. The highest BCUT2D eigenvalue weighted by Crippen LogP contribution is 2.38. The molecule has 1 aliphatic heterocycles. The van der Waals surface area contributed by atoms with E-state index >= 15 is 0 Å². The lowest BCUT2D eigenvalue weighted by molar-refractivity contribution is -0.152. The van der Waals surface area contributed by atoms with Gasteiger partial charge in [-0.3, -0.25) is 9.59 Å². The second kappa shape index (κ2) is 13.9. The van der Waals surface area contributed by atoms with E-state index in [2.05, 4.69) is 30.3 Å². The topological polar surface area (TPSA) is 76.5 Å². The Labute approximate surface area is 210 Å². The van der Waals surface area contributed by atoms with E-state index in [0.29, 0.717) is 18.9 Å². The number of aromatic nitrogens is 1. The fourth-order valence-electron chi connectivity index (χ4n) is 4.50. The Kier molecular flexibility index (Phi) is 12.4. The van der Waals surface area contributed by atoms with Crippen LogP contribution in [0.3, 0.4) is 0 Å². The monoisotopic (exact) mass is 491 g/mol. The minimum atomic E-state index is -1.03. The van der Waals surface area contributed by atoms with Gasteiger partial charge in [-0.1, -0.05) is 58.8 Å². The first-order valence-electron chi connectivity index (χ1n) is 12.4. The van der Waals surface area contributed by atoms with Gasteiger partial charge in [0.2, 0.25) is 0 Å². The van der Waals surface area contributed by atoms with E-state index in [1.165, 1.54) is 5.57 Å². The average Bonchev–Trinajstić information content (AvgIpc) is 3.15. The molecule has 0 spiro atoms. The highest BCUT2D eigenvalue weighted by molar-refractivity contribution is 7.09.